The largest absolute Gasteiger partial charge is 0.468 e. The monoisotopic (exact) mass is 424 g/mol. The number of anilines is 1. The first-order chi connectivity index (χ1) is 14.7. The standard InChI is InChI=1S/C21H24N6O4/c1-12-13(2)27-17-18(24(5)21(30)25(19(17)29)11-16(28)31-6)22-20(27)26(12)15-9-7-14(8-10-15)23(3)4/h7-10H,11H2,1-6H3. The summed E-state index contributed by atoms with van der Waals surface area (Å²) in [6.45, 7) is 3.38. The molecule has 4 rings (SSSR count). The summed E-state index contributed by atoms with van der Waals surface area (Å²) in [6.07, 6.45) is 0. The molecular weight excluding hydrogens is 400 g/mol. The van der Waals surface area contributed by atoms with Crippen LogP contribution >= 0.6 is 0 Å². The number of aromatic nitrogens is 5. The molecule has 10 nitrogen and oxygen atoms in total. The molecule has 0 aliphatic rings. The zero-order chi connectivity index (χ0) is 22.6. The van der Waals surface area contributed by atoms with Gasteiger partial charge in [-0.25, -0.2) is 9.36 Å². The van der Waals surface area contributed by atoms with Gasteiger partial charge in [-0.2, -0.15) is 4.98 Å². The van der Waals surface area contributed by atoms with Crippen molar-refractivity contribution in [2.75, 3.05) is 26.1 Å². The lowest BCUT2D eigenvalue weighted by molar-refractivity contribution is -0.141. The molecule has 0 amide bonds. The number of nitrogens with zero attached hydrogens (tertiary/aromatic N) is 6. The van der Waals surface area contributed by atoms with Crippen LogP contribution in [0.3, 0.4) is 0 Å². The van der Waals surface area contributed by atoms with E-state index in [2.05, 4.69) is 9.72 Å². The lowest BCUT2D eigenvalue weighted by Gasteiger charge is -2.13. The van der Waals surface area contributed by atoms with E-state index in [1.54, 1.807) is 4.40 Å². The number of carbonyl (C=O) groups excluding carboxylic acids is 1. The Hall–Kier alpha value is -3.82. The molecule has 0 atom stereocenters. The topological polar surface area (TPSA) is 95.8 Å². The molecule has 3 heterocycles. The van der Waals surface area contributed by atoms with Gasteiger partial charge < -0.3 is 9.64 Å². The fourth-order valence-electron chi connectivity index (χ4n) is 3.79. The van der Waals surface area contributed by atoms with Crippen LogP contribution in [0.2, 0.25) is 0 Å². The van der Waals surface area contributed by atoms with Crippen molar-refractivity contribution in [3.05, 3.63) is 56.5 Å². The number of fused-ring (bicyclic) bond motifs is 3. The van der Waals surface area contributed by atoms with Gasteiger partial charge in [0.05, 0.1) is 7.11 Å². The van der Waals surface area contributed by atoms with Gasteiger partial charge in [-0.1, -0.05) is 0 Å². The van der Waals surface area contributed by atoms with E-state index >= 15 is 0 Å². The second kappa shape index (κ2) is 7.15. The van der Waals surface area contributed by atoms with Crippen molar-refractivity contribution in [3.63, 3.8) is 0 Å². The van der Waals surface area contributed by atoms with Gasteiger partial charge in [-0.05, 0) is 38.1 Å². The Kier molecular flexibility index (Phi) is 4.72. The summed E-state index contributed by atoms with van der Waals surface area (Å²) >= 11 is 0. The molecule has 3 aromatic heterocycles. The van der Waals surface area contributed by atoms with E-state index in [9.17, 15) is 14.4 Å². The van der Waals surface area contributed by atoms with E-state index in [1.807, 2.05) is 61.7 Å². The SMILES string of the molecule is COC(=O)Cn1c(=O)c2c(nc3n(-c4ccc(N(C)C)cc4)c(C)c(C)n23)n(C)c1=O. The van der Waals surface area contributed by atoms with Crippen molar-refractivity contribution in [2.24, 2.45) is 7.05 Å². The quantitative estimate of drug-likeness (QED) is 0.454. The minimum Gasteiger partial charge on any atom is -0.468 e. The molecule has 4 aromatic rings. The Labute approximate surface area is 177 Å². The van der Waals surface area contributed by atoms with Crippen molar-refractivity contribution < 1.29 is 9.53 Å². The minimum absolute atomic E-state index is 0.241. The van der Waals surface area contributed by atoms with Crippen LogP contribution in [0.25, 0.3) is 22.6 Å². The first-order valence-corrected chi connectivity index (χ1v) is 9.71. The Morgan fingerprint density at radius 3 is 2.32 bits per heavy atom. The highest BCUT2D eigenvalue weighted by atomic mass is 16.5. The molecule has 0 spiro atoms. The number of benzene rings is 1. The average molecular weight is 424 g/mol. The number of carbonyl (C=O) groups is 1. The summed E-state index contributed by atoms with van der Waals surface area (Å²) in [5.74, 6) is -0.156. The van der Waals surface area contributed by atoms with Gasteiger partial charge in [0, 0.05) is 43.9 Å². The Morgan fingerprint density at radius 1 is 1.10 bits per heavy atom. The molecule has 31 heavy (non-hydrogen) atoms. The molecule has 1 aromatic carbocycles. The molecule has 162 valence electrons. The van der Waals surface area contributed by atoms with Gasteiger partial charge in [0.15, 0.2) is 11.2 Å². The summed E-state index contributed by atoms with van der Waals surface area (Å²) in [4.78, 5) is 44.4. The number of esters is 1. The smallest absolute Gasteiger partial charge is 0.333 e. The van der Waals surface area contributed by atoms with Crippen LogP contribution in [-0.4, -0.2) is 50.3 Å². The van der Waals surface area contributed by atoms with E-state index in [-0.39, 0.29) is 11.2 Å². The number of ether oxygens (including phenoxy) is 1. The van der Waals surface area contributed by atoms with Crippen LogP contribution in [0, 0.1) is 13.8 Å². The van der Waals surface area contributed by atoms with Crippen molar-refractivity contribution in [1.29, 1.82) is 0 Å². The number of rotatable bonds is 4. The molecule has 0 saturated carbocycles. The molecule has 10 heteroatoms. The van der Waals surface area contributed by atoms with Crippen LogP contribution in [-0.2, 0) is 23.1 Å². The predicted octanol–water partition coefficient (Wildman–Crippen LogP) is 0.994. The van der Waals surface area contributed by atoms with Gasteiger partial charge in [-0.15, -0.1) is 0 Å². The first kappa shape index (κ1) is 20.5. The van der Waals surface area contributed by atoms with E-state index in [0.717, 1.165) is 27.3 Å². The molecule has 0 aliphatic heterocycles. The normalized spacial score (nSPS) is 11.4. The molecule has 0 bridgehead atoms. The van der Waals surface area contributed by atoms with Crippen LogP contribution in [0.1, 0.15) is 11.4 Å². The molecule has 0 saturated heterocycles. The van der Waals surface area contributed by atoms with Crippen LogP contribution in [0.5, 0.6) is 0 Å². The van der Waals surface area contributed by atoms with Crippen molar-refractivity contribution >= 4 is 28.6 Å². The molecule has 0 unspecified atom stereocenters. The minimum atomic E-state index is -0.675. The third kappa shape index (κ3) is 2.94. The molecular formula is C21H24N6O4. The number of aryl methyl sites for hydroxylation is 2. The summed E-state index contributed by atoms with van der Waals surface area (Å²) in [5, 5.41) is 0. The Morgan fingerprint density at radius 2 is 1.74 bits per heavy atom. The maximum Gasteiger partial charge on any atom is 0.333 e. The fraction of sp³-hybridized carbons (Fsp3) is 0.333. The highest BCUT2D eigenvalue weighted by Gasteiger charge is 2.24. The average Bonchev–Trinajstić information content (AvgIpc) is 3.25. The molecule has 0 fully saturated rings. The number of imidazole rings is 2. The number of hydrogen-bond donors (Lipinski definition) is 0. The van der Waals surface area contributed by atoms with E-state index in [1.165, 1.54) is 18.7 Å². The molecule has 0 N–H and O–H groups in total. The van der Waals surface area contributed by atoms with Crippen molar-refractivity contribution in [2.45, 2.75) is 20.4 Å². The summed E-state index contributed by atoms with van der Waals surface area (Å²) in [5.41, 5.74) is 2.96. The van der Waals surface area contributed by atoms with Gasteiger partial charge in [0.25, 0.3) is 5.56 Å². The number of hydrogen-bond acceptors (Lipinski definition) is 6. The lowest BCUT2D eigenvalue weighted by Crippen LogP contribution is -2.41. The van der Waals surface area contributed by atoms with E-state index in [0.29, 0.717) is 5.78 Å². The molecule has 0 radical (unpaired) electrons. The van der Waals surface area contributed by atoms with Gasteiger partial charge in [0.1, 0.15) is 6.54 Å². The van der Waals surface area contributed by atoms with Crippen molar-refractivity contribution in [3.8, 4) is 5.69 Å². The van der Waals surface area contributed by atoms with Crippen LogP contribution in [0.4, 0.5) is 5.69 Å². The lowest BCUT2D eigenvalue weighted by atomic mass is 10.2. The maximum absolute atomic E-state index is 13.2. The van der Waals surface area contributed by atoms with Gasteiger partial charge in [0.2, 0.25) is 5.78 Å². The highest BCUT2D eigenvalue weighted by molar-refractivity contribution is 5.78. The Balaban J connectivity index is 2.06. The highest BCUT2D eigenvalue weighted by Crippen LogP contribution is 2.25. The zero-order valence-electron chi connectivity index (χ0n) is 18.3. The third-order valence-corrected chi connectivity index (χ3v) is 5.66. The summed E-state index contributed by atoms with van der Waals surface area (Å²) in [7, 11) is 6.68. The van der Waals surface area contributed by atoms with E-state index < -0.39 is 23.8 Å². The van der Waals surface area contributed by atoms with Crippen molar-refractivity contribution in [1.82, 2.24) is 23.1 Å². The number of methoxy groups -OCH3 is 1. The third-order valence-electron chi connectivity index (χ3n) is 5.66. The first-order valence-electron chi connectivity index (χ1n) is 9.71. The summed E-state index contributed by atoms with van der Waals surface area (Å²) in [6, 6.07) is 7.97. The zero-order valence-corrected chi connectivity index (χ0v) is 18.3. The van der Waals surface area contributed by atoms with Gasteiger partial charge in [-0.3, -0.25) is 23.1 Å². The molecule has 0 aliphatic carbocycles. The van der Waals surface area contributed by atoms with Crippen LogP contribution < -0.4 is 16.1 Å². The predicted molar refractivity (Wildman–Crippen MR) is 117 cm³/mol. The van der Waals surface area contributed by atoms with E-state index in [4.69, 9.17) is 0 Å². The summed E-state index contributed by atoms with van der Waals surface area (Å²) < 4.78 is 10.5. The van der Waals surface area contributed by atoms with Gasteiger partial charge >= 0.3 is 11.7 Å². The second-order valence-corrected chi connectivity index (χ2v) is 7.65. The maximum atomic E-state index is 13.2. The fourth-order valence-corrected chi connectivity index (χ4v) is 3.79. The Bertz CT molecular complexity index is 1450. The van der Waals surface area contributed by atoms with Crippen LogP contribution in [0.15, 0.2) is 33.9 Å². The second-order valence-electron chi connectivity index (χ2n) is 7.65.